The standard InChI is InChI=1S/C15H14N2O3S2/c1-9-11(10(2)20-17-9)7-19-14(18)8-21-15-16-12-5-3-4-6-13(12)22-15/h3-6H,7-8H2,1-2H3. The summed E-state index contributed by atoms with van der Waals surface area (Å²) in [5.74, 6) is 0.650. The Morgan fingerprint density at radius 1 is 1.36 bits per heavy atom. The molecular formula is C15H14N2O3S2. The van der Waals surface area contributed by atoms with Crippen LogP contribution in [0.25, 0.3) is 10.2 Å². The quantitative estimate of drug-likeness (QED) is 0.523. The van der Waals surface area contributed by atoms with Crippen molar-refractivity contribution in [3.05, 3.63) is 41.3 Å². The number of hydrogen-bond acceptors (Lipinski definition) is 7. The average Bonchev–Trinajstić information content (AvgIpc) is 3.07. The summed E-state index contributed by atoms with van der Waals surface area (Å²) in [4.78, 5) is 16.3. The van der Waals surface area contributed by atoms with Gasteiger partial charge in [0.15, 0.2) is 4.34 Å². The third-order valence-corrected chi connectivity index (χ3v) is 5.30. The highest BCUT2D eigenvalue weighted by Gasteiger charge is 2.13. The summed E-state index contributed by atoms with van der Waals surface area (Å²) in [5, 5.41) is 3.83. The number of rotatable bonds is 5. The number of benzene rings is 1. The molecule has 114 valence electrons. The third-order valence-electron chi connectivity index (χ3n) is 3.15. The van der Waals surface area contributed by atoms with Gasteiger partial charge in [-0.25, -0.2) is 4.98 Å². The van der Waals surface area contributed by atoms with Gasteiger partial charge in [-0.15, -0.1) is 11.3 Å². The van der Waals surface area contributed by atoms with Crippen molar-refractivity contribution in [2.24, 2.45) is 0 Å². The van der Waals surface area contributed by atoms with Gasteiger partial charge in [0.05, 0.1) is 27.2 Å². The normalized spacial score (nSPS) is 11.0. The maximum absolute atomic E-state index is 11.8. The SMILES string of the molecule is Cc1noc(C)c1COC(=O)CSc1nc2ccccc2s1. The molecule has 0 aliphatic heterocycles. The Balaban J connectivity index is 1.54. The fourth-order valence-corrected chi connectivity index (χ4v) is 3.80. The molecule has 0 atom stereocenters. The fraction of sp³-hybridized carbons (Fsp3) is 0.267. The lowest BCUT2D eigenvalue weighted by atomic mass is 10.2. The second-order valence-corrected chi connectivity index (χ2v) is 6.95. The van der Waals surface area contributed by atoms with Crippen molar-refractivity contribution < 1.29 is 14.1 Å². The summed E-state index contributed by atoms with van der Waals surface area (Å²) in [6.45, 7) is 3.83. The molecule has 0 saturated carbocycles. The van der Waals surface area contributed by atoms with Crippen molar-refractivity contribution in [1.82, 2.24) is 10.1 Å². The van der Waals surface area contributed by atoms with Crippen LogP contribution in [0.2, 0.25) is 0 Å². The minimum Gasteiger partial charge on any atom is -0.460 e. The van der Waals surface area contributed by atoms with Crippen LogP contribution >= 0.6 is 23.1 Å². The lowest BCUT2D eigenvalue weighted by Crippen LogP contribution is -2.08. The first-order valence-corrected chi connectivity index (χ1v) is 8.49. The van der Waals surface area contributed by atoms with Gasteiger partial charge in [-0.3, -0.25) is 4.79 Å². The summed E-state index contributed by atoms with van der Waals surface area (Å²) in [6.07, 6.45) is 0. The van der Waals surface area contributed by atoms with Crippen LogP contribution in [0.1, 0.15) is 17.0 Å². The molecule has 0 aliphatic carbocycles. The van der Waals surface area contributed by atoms with Crippen LogP contribution < -0.4 is 0 Å². The van der Waals surface area contributed by atoms with E-state index < -0.39 is 0 Å². The van der Waals surface area contributed by atoms with Crippen molar-refractivity contribution in [2.75, 3.05) is 5.75 Å². The van der Waals surface area contributed by atoms with E-state index in [1.165, 1.54) is 11.8 Å². The first kappa shape index (κ1) is 15.1. The molecule has 0 bridgehead atoms. The van der Waals surface area contributed by atoms with Crippen LogP contribution in [0, 0.1) is 13.8 Å². The number of para-hydroxylation sites is 1. The molecule has 0 fully saturated rings. The Bertz CT molecular complexity index is 758. The molecule has 0 amide bonds. The number of fused-ring (bicyclic) bond motifs is 1. The molecule has 3 aromatic rings. The molecular weight excluding hydrogens is 320 g/mol. The number of nitrogens with zero attached hydrogens (tertiary/aromatic N) is 2. The first-order valence-electron chi connectivity index (χ1n) is 6.69. The third kappa shape index (κ3) is 3.31. The highest BCUT2D eigenvalue weighted by atomic mass is 32.2. The summed E-state index contributed by atoms with van der Waals surface area (Å²) >= 11 is 2.97. The van der Waals surface area contributed by atoms with E-state index in [0.29, 0.717) is 5.76 Å². The lowest BCUT2D eigenvalue weighted by molar-refractivity contribution is -0.141. The number of aryl methyl sites for hydroxylation is 2. The molecule has 0 saturated heterocycles. The average molecular weight is 334 g/mol. The van der Waals surface area contributed by atoms with Gasteiger partial charge in [0, 0.05) is 0 Å². The predicted molar refractivity (Wildman–Crippen MR) is 86.1 cm³/mol. The highest BCUT2D eigenvalue weighted by molar-refractivity contribution is 8.01. The van der Waals surface area contributed by atoms with Gasteiger partial charge < -0.3 is 9.26 Å². The number of ether oxygens (including phenoxy) is 1. The second-order valence-electron chi connectivity index (χ2n) is 4.70. The monoisotopic (exact) mass is 334 g/mol. The minimum absolute atomic E-state index is 0.195. The van der Waals surface area contributed by atoms with E-state index in [1.807, 2.05) is 31.2 Å². The number of esters is 1. The van der Waals surface area contributed by atoms with Gasteiger partial charge in [-0.1, -0.05) is 29.1 Å². The maximum Gasteiger partial charge on any atom is 0.316 e. The first-order chi connectivity index (χ1) is 10.6. The molecule has 7 heteroatoms. The number of carbonyl (C=O) groups is 1. The van der Waals surface area contributed by atoms with Crippen LogP contribution in [0.15, 0.2) is 33.1 Å². The Morgan fingerprint density at radius 3 is 2.91 bits per heavy atom. The molecule has 0 aliphatic rings. The van der Waals surface area contributed by atoms with Gasteiger partial charge in [0.1, 0.15) is 12.4 Å². The van der Waals surface area contributed by atoms with Crippen molar-refractivity contribution in [3.63, 3.8) is 0 Å². The van der Waals surface area contributed by atoms with E-state index in [-0.39, 0.29) is 18.3 Å². The smallest absolute Gasteiger partial charge is 0.316 e. The highest BCUT2D eigenvalue weighted by Crippen LogP contribution is 2.29. The molecule has 1 aromatic carbocycles. The molecule has 0 spiro atoms. The zero-order valence-corrected chi connectivity index (χ0v) is 13.8. The van der Waals surface area contributed by atoms with Crippen molar-refractivity contribution in [2.45, 2.75) is 24.8 Å². The van der Waals surface area contributed by atoms with Gasteiger partial charge in [-0.05, 0) is 26.0 Å². The number of thioether (sulfide) groups is 1. The maximum atomic E-state index is 11.8. The predicted octanol–water partition coefficient (Wildman–Crippen LogP) is 3.74. The molecule has 2 heterocycles. The summed E-state index contributed by atoms with van der Waals surface area (Å²) in [6, 6.07) is 7.92. The molecule has 0 N–H and O–H groups in total. The van der Waals surface area contributed by atoms with Gasteiger partial charge in [0.2, 0.25) is 0 Å². The number of aromatic nitrogens is 2. The Kier molecular flexibility index (Phi) is 4.44. The molecule has 22 heavy (non-hydrogen) atoms. The van der Waals surface area contributed by atoms with E-state index in [4.69, 9.17) is 9.26 Å². The summed E-state index contributed by atoms with van der Waals surface area (Å²) in [7, 11) is 0. The van der Waals surface area contributed by atoms with E-state index in [0.717, 1.165) is 25.8 Å². The Labute approximate surface area is 135 Å². The number of hydrogen-bond donors (Lipinski definition) is 0. The van der Waals surface area contributed by atoms with Crippen LogP contribution in [-0.4, -0.2) is 21.9 Å². The summed E-state index contributed by atoms with van der Waals surface area (Å²) < 4.78 is 12.3. The van der Waals surface area contributed by atoms with E-state index in [9.17, 15) is 4.79 Å². The van der Waals surface area contributed by atoms with Gasteiger partial charge >= 0.3 is 5.97 Å². The largest absolute Gasteiger partial charge is 0.460 e. The molecule has 0 unspecified atom stereocenters. The van der Waals surface area contributed by atoms with Crippen LogP contribution in [0.5, 0.6) is 0 Å². The molecule has 5 nitrogen and oxygen atoms in total. The Morgan fingerprint density at radius 2 is 2.18 bits per heavy atom. The van der Waals surface area contributed by atoms with Crippen molar-refractivity contribution in [3.8, 4) is 0 Å². The van der Waals surface area contributed by atoms with Crippen molar-refractivity contribution in [1.29, 1.82) is 0 Å². The van der Waals surface area contributed by atoms with E-state index in [2.05, 4.69) is 10.1 Å². The summed E-state index contributed by atoms with van der Waals surface area (Å²) in [5.41, 5.74) is 2.54. The van der Waals surface area contributed by atoms with Crippen LogP contribution in [-0.2, 0) is 16.1 Å². The van der Waals surface area contributed by atoms with E-state index in [1.54, 1.807) is 18.3 Å². The second kappa shape index (κ2) is 6.50. The van der Waals surface area contributed by atoms with Gasteiger partial charge in [0.25, 0.3) is 0 Å². The number of carbonyl (C=O) groups excluding carboxylic acids is 1. The zero-order chi connectivity index (χ0) is 15.5. The minimum atomic E-state index is -0.274. The van der Waals surface area contributed by atoms with Crippen LogP contribution in [0.4, 0.5) is 0 Å². The fourth-order valence-electron chi connectivity index (χ4n) is 1.94. The Hall–Kier alpha value is -1.86. The lowest BCUT2D eigenvalue weighted by Gasteiger charge is -2.03. The molecule has 2 aromatic heterocycles. The number of thiazole rings is 1. The van der Waals surface area contributed by atoms with Gasteiger partial charge in [-0.2, -0.15) is 0 Å². The van der Waals surface area contributed by atoms with Crippen LogP contribution in [0.3, 0.4) is 0 Å². The zero-order valence-electron chi connectivity index (χ0n) is 12.2. The molecule has 0 radical (unpaired) electrons. The van der Waals surface area contributed by atoms with Crippen molar-refractivity contribution >= 4 is 39.3 Å². The molecule has 3 rings (SSSR count). The van der Waals surface area contributed by atoms with E-state index >= 15 is 0 Å². The topological polar surface area (TPSA) is 65.2 Å².